The van der Waals surface area contributed by atoms with Crippen LogP contribution < -0.4 is 0 Å². The maximum atomic E-state index is 12.8. The average molecular weight is 226 g/mol. The molecule has 0 spiro atoms. The predicted molar refractivity (Wildman–Crippen MR) is 45.6 cm³/mol. The lowest BCUT2D eigenvalue weighted by molar-refractivity contribution is -0.161. The van der Waals surface area contributed by atoms with Gasteiger partial charge in [0.05, 0.1) is 12.2 Å². The Morgan fingerprint density at radius 3 is 2.53 bits per heavy atom. The number of aldehydes is 1. The SMILES string of the molecule is CC(C=O)/C(F)=C\C=C\OCC(F)(F)F. The van der Waals surface area contributed by atoms with E-state index in [2.05, 4.69) is 4.74 Å². The number of hydrogen-bond donors (Lipinski definition) is 0. The molecule has 0 saturated heterocycles. The summed E-state index contributed by atoms with van der Waals surface area (Å²) in [7, 11) is 0. The van der Waals surface area contributed by atoms with E-state index in [1.54, 1.807) is 0 Å². The molecule has 15 heavy (non-hydrogen) atoms. The molecule has 0 N–H and O–H groups in total. The molecule has 6 heteroatoms. The highest BCUT2D eigenvalue weighted by molar-refractivity contribution is 5.57. The molecule has 0 amide bonds. The second kappa shape index (κ2) is 6.21. The van der Waals surface area contributed by atoms with E-state index in [0.717, 1.165) is 12.2 Å². The highest BCUT2D eigenvalue weighted by Gasteiger charge is 2.27. The van der Waals surface area contributed by atoms with Crippen molar-refractivity contribution in [2.24, 2.45) is 5.92 Å². The van der Waals surface area contributed by atoms with Gasteiger partial charge < -0.3 is 9.53 Å². The Hall–Kier alpha value is -1.33. The van der Waals surface area contributed by atoms with E-state index >= 15 is 0 Å². The summed E-state index contributed by atoms with van der Waals surface area (Å²) in [6.45, 7) is -0.106. The minimum absolute atomic E-state index is 0.385. The van der Waals surface area contributed by atoms with Crippen LogP contribution in [0.3, 0.4) is 0 Å². The first-order valence-corrected chi connectivity index (χ1v) is 4.02. The Morgan fingerprint density at radius 1 is 1.47 bits per heavy atom. The van der Waals surface area contributed by atoms with Gasteiger partial charge in [0.1, 0.15) is 12.1 Å². The van der Waals surface area contributed by atoms with Gasteiger partial charge in [0.15, 0.2) is 6.61 Å². The Balaban J connectivity index is 3.94. The summed E-state index contributed by atoms with van der Waals surface area (Å²) < 4.78 is 51.4. The predicted octanol–water partition coefficient (Wildman–Crippen LogP) is 2.77. The zero-order valence-corrected chi connectivity index (χ0v) is 7.92. The summed E-state index contributed by atoms with van der Waals surface area (Å²) in [6, 6.07) is 0. The van der Waals surface area contributed by atoms with Crippen molar-refractivity contribution in [2.45, 2.75) is 13.1 Å². The van der Waals surface area contributed by atoms with Crippen LogP contribution >= 0.6 is 0 Å². The van der Waals surface area contributed by atoms with Gasteiger partial charge in [0.2, 0.25) is 0 Å². The molecule has 0 bridgehead atoms. The fourth-order valence-electron chi connectivity index (χ4n) is 0.546. The van der Waals surface area contributed by atoms with Crippen molar-refractivity contribution in [3.05, 3.63) is 24.2 Å². The smallest absolute Gasteiger partial charge is 0.422 e. The molecule has 0 aromatic rings. The molecule has 0 fully saturated rings. The van der Waals surface area contributed by atoms with Crippen LogP contribution in [0, 0.1) is 5.92 Å². The first kappa shape index (κ1) is 13.7. The van der Waals surface area contributed by atoms with Gasteiger partial charge in [0.25, 0.3) is 0 Å². The van der Waals surface area contributed by atoms with Gasteiger partial charge in [-0.2, -0.15) is 13.2 Å². The van der Waals surface area contributed by atoms with Crippen LogP contribution in [0.5, 0.6) is 0 Å². The Bertz CT molecular complexity index is 255. The maximum Gasteiger partial charge on any atom is 0.422 e. The topological polar surface area (TPSA) is 26.3 Å². The van der Waals surface area contributed by atoms with E-state index in [9.17, 15) is 22.4 Å². The molecule has 0 aliphatic carbocycles. The van der Waals surface area contributed by atoms with Crippen LogP contribution in [0.15, 0.2) is 24.2 Å². The third-order valence-corrected chi connectivity index (χ3v) is 1.32. The Morgan fingerprint density at radius 2 is 2.07 bits per heavy atom. The summed E-state index contributed by atoms with van der Waals surface area (Å²) >= 11 is 0. The number of carbonyl (C=O) groups excluding carboxylic acids is 1. The first-order valence-electron chi connectivity index (χ1n) is 4.02. The zero-order valence-electron chi connectivity index (χ0n) is 7.92. The number of allylic oxidation sites excluding steroid dienone is 3. The van der Waals surface area contributed by atoms with Crippen molar-refractivity contribution >= 4 is 6.29 Å². The highest BCUT2D eigenvalue weighted by Crippen LogP contribution is 2.14. The van der Waals surface area contributed by atoms with Gasteiger partial charge in [0, 0.05) is 0 Å². The fourth-order valence-corrected chi connectivity index (χ4v) is 0.546. The second-order valence-electron chi connectivity index (χ2n) is 2.73. The first-order chi connectivity index (χ1) is 6.87. The van der Waals surface area contributed by atoms with Crippen LogP contribution in [-0.4, -0.2) is 19.1 Å². The lowest BCUT2D eigenvalue weighted by Crippen LogP contribution is -2.14. The van der Waals surface area contributed by atoms with Crippen LogP contribution in [0.2, 0.25) is 0 Å². The number of rotatable bonds is 5. The standard InChI is InChI=1S/C9H10F4O2/c1-7(5-14)8(10)3-2-4-15-6-9(11,12)13/h2-5,7H,6H2,1H3/b4-2+,8-3+. The molecule has 0 aliphatic heterocycles. The Kier molecular flexibility index (Phi) is 5.66. The number of alkyl halides is 3. The van der Waals surface area contributed by atoms with E-state index in [1.807, 2.05) is 0 Å². The van der Waals surface area contributed by atoms with Crippen molar-refractivity contribution in [3.63, 3.8) is 0 Å². The number of carbonyl (C=O) groups is 1. The number of hydrogen-bond acceptors (Lipinski definition) is 2. The van der Waals surface area contributed by atoms with Gasteiger partial charge >= 0.3 is 6.18 Å². The quantitative estimate of drug-likeness (QED) is 0.312. The monoisotopic (exact) mass is 226 g/mol. The molecular weight excluding hydrogens is 216 g/mol. The summed E-state index contributed by atoms with van der Waals surface area (Å²) in [5.41, 5.74) is 0. The molecule has 1 unspecified atom stereocenters. The molecule has 0 saturated carbocycles. The van der Waals surface area contributed by atoms with Crippen LogP contribution in [0.25, 0.3) is 0 Å². The summed E-state index contributed by atoms with van der Waals surface area (Å²) in [5, 5.41) is 0. The number of ether oxygens (including phenoxy) is 1. The van der Waals surface area contributed by atoms with Gasteiger partial charge in [-0.15, -0.1) is 0 Å². The third kappa shape index (κ3) is 7.72. The van der Waals surface area contributed by atoms with E-state index < -0.39 is 24.5 Å². The van der Waals surface area contributed by atoms with Crippen LogP contribution in [0.4, 0.5) is 17.6 Å². The van der Waals surface area contributed by atoms with Crippen molar-refractivity contribution in [3.8, 4) is 0 Å². The van der Waals surface area contributed by atoms with Gasteiger partial charge in [-0.1, -0.05) is 0 Å². The van der Waals surface area contributed by atoms with E-state index in [0.29, 0.717) is 12.5 Å². The molecule has 2 nitrogen and oxygen atoms in total. The third-order valence-electron chi connectivity index (χ3n) is 1.32. The molecular formula is C9H10F4O2. The van der Waals surface area contributed by atoms with Gasteiger partial charge in [-0.3, -0.25) is 0 Å². The lowest BCUT2D eigenvalue weighted by Gasteiger charge is -2.03. The fraction of sp³-hybridized carbons (Fsp3) is 0.444. The zero-order chi connectivity index (χ0) is 11.9. The molecule has 0 heterocycles. The van der Waals surface area contributed by atoms with E-state index in [1.165, 1.54) is 6.92 Å². The largest absolute Gasteiger partial charge is 0.492 e. The van der Waals surface area contributed by atoms with E-state index in [4.69, 9.17) is 0 Å². The van der Waals surface area contributed by atoms with Crippen LogP contribution in [-0.2, 0) is 9.53 Å². The molecule has 86 valence electrons. The molecule has 1 atom stereocenters. The Labute approximate surface area is 84.2 Å². The lowest BCUT2D eigenvalue weighted by atomic mass is 10.2. The number of halogens is 4. The van der Waals surface area contributed by atoms with Crippen molar-refractivity contribution < 1.29 is 27.1 Å². The molecule has 0 radical (unpaired) electrons. The van der Waals surface area contributed by atoms with Crippen molar-refractivity contribution in [2.75, 3.05) is 6.61 Å². The molecule has 0 aromatic carbocycles. The summed E-state index contributed by atoms with van der Waals surface area (Å²) in [4.78, 5) is 10.1. The molecule has 0 aliphatic rings. The van der Waals surface area contributed by atoms with Gasteiger partial charge in [-0.25, -0.2) is 4.39 Å². The van der Waals surface area contributed by atoms with Crippen molar-refractivity contribution in [1.29, 1.82) is 0 Å². The van der Waals surface area contributed by atoms with Crippen LogP contribution in [0.1, 0.15) is 6.92 Å². The highest BCUT2D eigenvalue weighted by atomic mass is 19.4. The molecule has 0 aromatic heterocycles. The maximum absolute atomic E-state index is 12.8. The van der Waals surface area contributed by atoms with Gasteiger partial charge in [-0.05, 0) is 19.1 Å². The second-order valence-corrected chi connectivity index (χ2v) is 2.73. The minimum Gasteiger partial charge on any atom is -0.492 e. The normalized spacial score (nSPS) is 15.4. The minimum atomic E-state index is -4.41. The van der Waals surface area contributed by atoms with E-state index in [-0.39, 0.29) is 0 Å². The summed E-state index contributed by atoms with van der Waals surface area (Å²) in [6.07, 6.45) is -1.49. The molecule has 0 rings (SSSR count). The van der Waals surface area contributed by atoms with Crippen molar-refractivity contribution in [1.82, 2.24) is 0 Å². The summed E-state index contributed by atoms with van der Waals surface area (Å²) in [5.74, 6) is -1.64. The average Bonchev–Trinajstić information content (AvgIpc) is 2.14.